The molecule has 2 aliphatic rings. The van der Waals surface area contributed by atoms with Gasteiger partial charge in [-0.2, -0.15) is 0 Å². The number of amides is 2. The highest BCUT2D eigenvalue weighted by Crippen LogP contribution is 2.40. The molecular formula is C28H29N3O3S. The third-order valence-corrected chi connectivity index (χ3v) is 7.64. The van der Waals surface area contributed by atoms with E-state index in [1.165, 1.54) is 4.88 Å². The van der Waals surface area contributed by atoms with Crippen molar-refractivity contribution in [2.75, 3.05) is 25.0 Å². The second kappa shape index (κ2) is 10.9. The molecule has 1 aliphatic heterocycles. The Morgan fingerprint density at radius 3 is 2.49 bits per heavy atom. The van der Waals surface area contributed by atoms with E-state index in [4.69, 9.17) is 9.73 Å². The molecule has 2 amide bonds. The van der Waals surface area contributed by atoms with E-state index in [0.717, 1.165) is 73.4 Å². The Morgan fingerprint density at radius 1 is 0.971 bits per heavy atom. The van der Waals surface area contributed by atoms with Gasteiger partial charge in [-0.05, 0) is 86.1 Å². The van der Waals surface area contributed by atoms with E-state index in [9.17, 15) is 9.59 Å². The Bertz CT molecular complexity index is 1210. The molecule has 1 fully saturated rings. The molecule has 1 saturated heterocycles. The first-order chi connectivity index (χ1) is 17.2. The third-order valence-electron chi connectivity index (χ3n) is 6.44. The lowest BCUT2D eigenvalue weighted by atomic mass is 9.95. The Morgan fingerprint density at radius 2 is 1.71 bits per heavy atom. The number of likely N-dealkylation sites (tertiary alicyclic amines) is 1. The summed E-state index contributed by atoms with van der Waals surface area (Å²) in [6, 6.07) is 17.1. The number of rotatable bonds is 7. The number of fused-ring (bicyclic) bond motifs is 1. The number of carbonyl (C=O) groups excluding carboxylic acids is 2. The maximum absolute atomic E-state index is 13.2. The van der Waals surface area contributed by atoms with Crippen molar-refractivity contribution in [3.8, 4) is 5.75 Å². The molecule has 0 radical (unpaired) electrons. The molecule has 7 heteroatoms. The number of nitrogens with one attached hydrogen (secondary N) is 1. The molecule has 35 heavy (non-hydrogen) atoms. The van der Waals surface area contributed by atoms with Gasteiger partial charge < -0.3 is 15.0 Å². The quantitative estimate of drug-likeness (QED) is 0.439. The first-order valence-corrected chi connectivity index (χ1v) is 13.0. The molecular weight excluding hydrogens is 458 g/mol. The van der Waals surface area contributed by atoms with Crippen molar-refractivity contribution < 1.29 is 14.3 Å². The third kappa shape index (κ3) is 5.62. The molecule has 3 aromatic rings. The molecule has 2 heterocycles. The number of thiophene rings is 1. The van der Waals surface area contributed by atoms with Crippen LogP contribution in [0.1, 0.15) is 52.0 Å². The largest absolute Gasteiger partial charge is 0.484 e. The van der Waals surface area contributed by atoms with Gasteiger partial charge in [-0.3, -0.25) is 9.59 Å². The van der Waals surface area contributed by atoms with Gasteiger partial charge in [-0.15, -0.1) is 11.3 Å². The van der Waals surface area contributed by atoms with Gasteiger partial charge >= 0.3 is 0 Å². The number of ether oxygens (including phenoxy) is 1. The van der Waals surface area contributed by atoms with Crippen molar-refractivity contribution in [2.45, 2.75) is 38.5 Å². The zero-order chi connectivity index (χ0) is 24.0. The highest BCUT2D eigenvalue weighted by atomic mass is 32.1. The number of aryl methyl sites for hydroxylation is 1. The van der Waals surface area contributed by atoms with E-state index in [0.29, 0.717) is 11.3 Å². The fraction of sp³-hybridized carbons (Fsp3) is 0.321. The van der Waals surface area contributed by atoms with Gasteiger partial charge in [-0.1, -0.05) is 18.2 Å². The number of hydrogen-bond donors (Lipinski definition) is 1. The predicted molar refractivity (Wildman–Crippen MR) is 140 cm³/mol. The highest BCUT2D eigenvalue weighted by Gasteiger charge is 2.25. The van der Waals surface area contributed by atoms with E-state index in [2.05, 4.69) is 5.32 Å². The van der Waals surface area contributed by atoms with Crippen LogP contribution >= 0.6 is 11.3 Å². The average Bonchev–Trinajstić information content (AvgIpc) is 3.55. The summed E-state index contributed by atoms with van der Waals surface area (Å²) in [6.45, 7) is 1.72. The molecule has 0 bridgehead atoms. The van der Waals surface area contributed by atoms with E-state index in [-0.39, 0.29) is 18.4 Å². The normalized spacial score (nSPS) is 15.3. The van der Waals surface area contributed by atoms with Crippen LogP contribution in [0.15, 0.2) is 59.6 Å². The summed E-state index contributed by atoms with van der Waals surface area (Å²) in [5.41, 5.74) is 3.53. The number of hydrogen-bond acceptors (Lipinski definition) is 5. The average molecular weight is 488 g/mol. The van der Waals surface area contributed by atoms with Gasteiger partial charge in [0.1, 0.15) is 10.8 Å². The lowest BCUT2D eigenvalue weighted by Crippen LogP contribution is -2.32. The fourth-order valence-electron chi connectivity index (χ4n) is 4.58. The molecule has 0 saturated carbocycles. The van der Waals surface area contributed by atoms with E-state index in [1.807, 2.05) is 59.5 Å². The number of nitrogens with zero attached hydrogens (tertiary/aromatic N) is 2. The highest BCUT2D eigenvalue weighted by molar-refractivity contribution is 7.16. The number of aliphatic imine (C=N–C) groups is 1. The van der Waals surface area contributed by atoms with Crippen LogP contribution in [0, 0.1) is 0 Å². The smallest absolute Gasteiger partial charge is 0.260 e. The summed E-state index contributed by atoms with van der Waals surface area (Å²) in [7, 11) is 0. The van der Waals surface area contributed by atoms with Crippen molar-refractivity contribution in [3.63, 3.8) is 0 Å². The lowest BCUT2D eigenvalue weighted by Gasteiger charge is -2.15. The van der Waals surface area contributed by atoms with Gasteiger partial charge in [0.25, 0.3) is 11.8 Å². The minimum Gasteiger partial charge on any atom is -0.484 e. The minimum absolute atomic E-state index is 0.0381. The summed E-state index contributed by atoms with van der Waals surface area (Å²) in [4.78, 5) is 33.3. The van der Waals surface area contributed by atoms with Gasteiger partial charge in [-0.25, -0.2) is 4.99 Å². The summed E-state index contributed by atoms with van der Waals surface area (Å²) in [6.07, 6.45) is 8.10. The molecule has 1 aliphatic carbocycles. The molecule has 1 N–H and O–H groups in total. The Labute approximate surface area is 209 Å². The Hall–Kier alpha value is -3.45. The SMILES string of the molecule is O=C(Nc1ccccc1)c1c(N=Cc2ccc(OCC(=O)N3CCCC3)cc2)sc2c1CCCC2. The monoisotopic (exact) mass is 487 g/mol. The van der Waals surface area contributed by atoms with Crippen molar-refractivity contribution in [2.24, 2.45) is 4.99 Å². The maximum Gasteiger partial charge on any atom is 0.260 e. The molecule has 0 spiro atoms. The zero-order valence-electron chi connectivity index (χ0n) is 19.7. The minimum atomic E-state index is -0.103. The van der Waals surface area contributed by atoms with Crippen LogP contribution in [0.4, 0.5) is 10.7 Å². The topological polar surface area (TPSA) is 71.0 Å². The van der Waals surface area contributed by atoms with Crippen molar-refractivity contribution in [1.82, 2.24) is 4.90 Å². The van der Waals surface area contributed by atoms with Crippen LogP contribution in [-0.4, -0.2) is 42.6 Å². The van der Waals surface area contributed by atoms with E-state index in [1.54, 1.807) is 17.6 Å². The van der Waals surface area contributed by atoms with Crippen LogP contribution in [0.2, 0.25) is 0 Å². The van der Waals surface area contributed by atoms with E-state index < -0.39 is 0 Å². The molecule has 1 aromatic heterocycles. The predicted octanol–water partition coefficient (Wildman–Crippen LogP) is 5.63. The molecule has 0 atom stereocenters. The van der Waals surface area contributed by atoms with Gasteiger partial charge in [0.15, 0.2) is 6.61 Å². The number of carbonyl (C=O) groups is 2. The number of benzene rings is 2. The molecule has 2 aromatic carbocycles. The van der Waals surface area contributed by atoms with E-state index >= 15 is 0 Å². The Balaban J connectivity index is 1.29. The second-order valence-electron chi connectivity index (χ2n) is 8.92. The van der Waals surface area contributed by atoms with Crippen LogP contribution in [-0.2, 0) is 17.6 Å². The van der Waals surface area contributed by atoms with Gasteiger partial charge in [0, 0.05) is 29.9 Å². The molecule has 6 nitrogen and oxygen atoms in total. The lowest BCUT2D eigenvalue weighted by molar-refractivity contribution is -0.132. The van der Waals surface area contributed by atoms with Crippen LogP contribution < -0.4 is 10.1 Å². The van der Waals surface area contributed by atoms with Gasteiger partial charge in [0.2, 0.25) is 0 Å². The first kappa shape index (κ1) is 23.3. The number of anilines is 1. The van der Waals surface area contributed by atoms with Crippen molar-refractivity contribution in [1.29, 1.82) is 0 Å². The molecule has 5 rings (SSSR count). The summed E-state index contributed by atoms with van der Waals surface area (Å²) < 4.78 is 5.67. The first-order valence-electron chi connectivity index (χ1n) is 12.2. The molecule has 0 unspecified atom stereocenters. The standard InChI is InChI=1S/C28H29N3O3S/c32-25(31-16-6-7-17-31)19-34-22-14-12-20(13-15-22)18-29-28-26(23-10-4-5-11-24(23)35-28)27(33)30-21-8-2-1-3-9-21/h1-3,8-9,12-15,18H,4-7,10-11,16-17,19H2,(H,30,33). The summed E-state index contributed by atoms with van der Waals surface area (Å²) in [5, 5.41) is 3.78. The fourth-order valence-corrected chi connectivity index (χ4v) is 5.81. The van der Waals surface area contributed by atoms with Crippen LogP contribution in [0.5, 0.6) is 5.75 Å². The van der Waals surface area contributed by atoms with Gasteiger partial charge in [0.05, 0.1) is 5.56 Å². The molecule has 180 valence electrons. The van der Waals surface area contributed by atoms with Crippen molar-refractivity contribution in [3.05, 3.63) is 76.2 Å². The van der Waals surface area contributed by atoms with Crippen molar-refractivity contribution >= 4 is 40.1 Å². The second-order valence-corrected chi connectivity index (χ2v) is 10.00. The summed E-state index contributed by atoms with van der Waals surface area (Å²) in [5.74, 6) is 0.592. The van der Waals surface area contributed by atoms with Crippen LogP contribution in [0.25, 0.3) is 0 Å². The Kier molecular flexibility index (Phi) is 7.23. The summed E-state index contributed by atoms with van der Waals surface area (Å²) >= 11 is 1.62. The maximum atomic E-state index is 13.2. The van der Waals surface area contributed by atoms with Crippen LogP contribution in [0.3, 0.4) is 0 Å². The zero-order valence-corrected chi connectivity index (χ0v) is 20.5. The number of para-hydroxylation sites is 1.